The molecule has 34 heavy (non-hydrogen) atoms. The number of guanidine groups is 1. The van der Waals surface area contributed by atoms with Crippen LogP contribution in [-0.2, 0) is 25.2 Å². The number of hydrogen-bond donors (Lipinski definition) is 1. The minimum absolute atomic E-state index is 0.0195. The Kier molecular flexibility index (Phi) is 6.36. The SMILES string of the molecule is COCCS(=O)(=O)Oc1ccc(C2(c3cccc(-c4cccnc4)c3)N=C(N)N(C)C2=O)cc1. The highest BCUT2D eigenvalue weighted by Gasteiger charge is 2.49. The summed E-state index contributed by atoms with van der Waals surface area (Å²) in [5, 5.41) is 0. The van der Waals surface area contributed by atoms with Crippen molar-refractivity contribution in [1.82, 2.24) is 9.88 Å². The first-order valence-corrected chi connectivity index (χ1v) is 12.0. The van der Waals surface area contributed by atoms with Crippen molar-refractivity contribution in [3.05, 3.63) is 84.2 Å². The van der Waals surface area contributed by atoms with E-state index in [0.717, 1.165) is 11.1 Å². The molecule has 1 unspecified atom stereocenters. The Morgan fingerprint density at radius 3 is 2.38 bits per heavy atom. The van der Waals surface area contributed by atoms with Crippen molar-refractivity contribution < 1.29 is 22.1 Å². The number of likely N-dealkylation sites (N-methyl/N-ethyl adjacent to an activating group) is 1. The van der Waals surface area contributed by atoms with Gasteiger partial charge in [0, 0.05) is 26.6 Å². The minimum Gasteiger partial charge on any atom is -0.383 e. The van der Waals surface area contributed by atoms with Crippen LogP contribution >= 0.6 is 0 Å². The number of aromatic nitrogens is 1. The molecule has 1 amide bonds. The van der Waals surface area contributed by atoms with Gasteiger partial charge in [0.25, 0.3) is 5.91 Å². The van der Waals surface area contributed by atoms with Gasteiger partial charge < -0.3 is 14.7 Å². The summed E-state index contributed by atoms with van der Waals surface area (Å²) in [6, 6.07) is 17.4. The van der Waals surface area contributed by atoms with E-state index in [1.807, 2.05) is 36.4 Å². The van der Waals surface area contributed by atoms with Crippen LogP contribution in [0.1, 0.15) is 11.1 Å². The molecule has 9 nitrogen and oxygen atoms in total. The number of nitrogens with zero attached hydrogens (tertiary/aromatic N) is 3. The van der Waals surface area contributed by atoms with E-state index in [2.05, 4.69) is 9.98 Å². The summed E-state index contributed by atoms with van der Waals surface area (Å²) in [7, 11) is -0.839. The Hall–Kier alpha value is -3.76. The molecule has 10 heteroatoms. The molecular formula is C24H24N4O5S. The molecule has 0 aliphatic carbocycles. The van der Waals surface area contributed by atoms with Crippen LogP contribution in [0.5, 0.6) is 5.75 Å². The molecular weight excluding hydrogens is 456 g/mol. The largest absolute Gasteiger partial charge is 0.383 e. The predicted octanol–water partition coefficient (Wildman–Crippen LogP) is 2.13. The van der Waals surface area contributed by atoms with Crippen molar-refractivity contribution in [1.29, 1.82) is 0 Å². The van der Waals surface area contributed by atoms with Crippen molar-refractivity contribution in [3.8, 4) is 16.9 Å². The highest BCUT2D eigenvalue weighted by molar-refractivity contribution is 7.87. The van der Waals surface area contributed by atoms with Crippen molar-refractivity contribution in [2.24, 2.45) is 10.7 Å². The molecule has 0 saturated carbocycles. The second-order valence-corrected chi connectivity index (χ2v) is 9.42. The molecule has 2 aromatic carbocycles. The first kappa shape index (κ1) is 23.4. The molecule has 2 heterocycles. The Morgan fingerprint density at radius 2 is 1.76 bits per heavy atom. The van der Waals surface area contributed by atoms with E-state index >= 15 is 0 Å². The number of amides is 1. The van der Waals surface area contributed by atoms with E-state index < -0.39 is 15.7 Å². The normalized spacial score (nSPS) is 18.1. The van der Waals surface area contributed by atoms with E-state index in [4.69, 9.17) is 14.7 Å². The fourth-order valence-electron chi connectivity index (χ4n) is 3.77. The molecule has 0 bridgehead atoms. The predicted molar refractivity (Wildman–Crippen MR) is 128 cm³/mol. The van der Waals surface area contributed by atoms with Crippen LogP contribution in [0.2, 0.25) is 0 Å². The number of pyridine rings is 1. The number of ether oxygens (including phenoxy) is 1. The highest BCUT2D eigenvalue weighted by Crippen LogP contribution is 2.41. The second-order valence-electron chi connectivity index (χ2n) is 7.73. The maximum atomic E-state index is 13.5. The molecule has 0 fully saturated rings. The van der Waals surface area contributed by atoms with Crippen molar-refractivity contribution in [2.75, 3.05) is 26.5 Å². The average molecular weight is 481 g/mol. The van der Waals surface area contributed by atoms with Crippen LogP contribution in [0, 0.1) is 0 Å². The topological polar surface area (TPSA) is 124 Å². The maximum absolute atomic E-state index is 13.5. The molecule has 2 N–H and O–H groups in total. The molecule has 4 rings (SSSR count). The summed E-state index contributed by atoms with van der Waals surface area (Å²) in [5.41, 5.74) is 7.53. The minimum atomic E-state index is -3.81. The van der Waals surface area contributed by atoms with E-state index in [1.165, 1.54) is 24.1 Å². The van der Waals surface area contributed by atoms with Gasteiger partial charge in [-0.3, -0.25) is 14.7 Å². The summed E-state index contributed by atoms with van der Waals surface area (Å²) >= 11 is 0. The Labute approximate surface area is 198 Å². The lowest BCUT2D eigenvalue weighted by atomic mass is 9.82. The molecule has 1 aliphatic rings. The number of aliphatic imine (C=N–C) groups is 1. The molecule has 3 aromatic rings. The number of hydrogen-bond acceptors (Lipinski definition) is 8. The number of carbonyl (C=O) groups is 1. The first-order chi connectivity index (χ1) is 16.3. The lowest BCUT2D eigenvalue weighted by molar-refractivity contribution is -0.129. The molecule has 1 aromatic heterocycles. The lowest BCUT2D eigenvalue weighted by Crippen LogP contribution is -2.41. The summed E-state index contributed by atoms with van der Waals surface area (Å²) in [4.78, 5) is 23.5. The van der Waals surface area contributed by atoms with Crippen LogP contribution in [0.25, 0.3) is 11.1 Å². The number of benzene rings is 2. The highest BCUT2D eigenvalue weighted by atomic mass is 32.2. The van der Waals surface area contributed by atoms with Gasteiger partial charge in [0.05, 0.1) is 6.61 Å². The molecule has 0 saturated heterocycles. The van der Waals surface area contributed by atoms with E-state index in [-0.39, 0.29) is 30.0 Å². The Morgan fingerprint density at radius 1 is 1.03 bits per heavy atom. The fourth-order valence-corrected chi connectivity index (χ4v) is 4.63. The zero-order valence-corrected chi connectivity index (χ0v) is 19.5. The van der Waals surface area contributed by atoms with Crippen molar-refractivity contribution >= 4 is 22.0 Å². The van der Waals surface area contributed by atoms with E-state index in [9.17, 15) is 13.2 Å². The fraction of sp³-hybridized carbons (Fsp3) is 0.208. The van der Waals surface area contributed by atoms with Gasteiger partial charge in [0.2, 0.25) is 0 Å². The summed E-state index contributed by atoms with van der Waals surface area (Å²) in [5.74, 6) is -0.399. The molecule has 1 aliphatic heterocycles. The number of methoxy groups -OCH3 is 1. The molecule has 0 spiro atoms. The van der Waals surface area contributed by atoms with Crippen LogP contribution in [0.4, 0.5) is 0 Å². The van der Waals surface area contributed by atoms with Gasteiger partial charge in [-0.05, 0) is 46.5 Å². The van der Waals surface area contributed by atoms with Crippen LogP contribution < -0.4 is 9.92 Å². The van der Waals surface area contributed by atoms with Gasteiger partial charge in [-0.25, -0.2) is 4.99 Å². The third kappa shape index (κ3) is 4.37. The van der Waals surface area contributed by atoms with Gasteiger partial charge in [0.15, 0.2) is 11.5 Å². The number of rotatable bonds is 8. The summed E-state index contributed by atoms with van der Waals surface area (Å²) < 4.78 is 34.1. The maximum Gasteiger partial charge on any atom is 0.311 e. The van der Waals surface area contributed by atoms with E-state index in [0.29, 0.717) is 11.1 Å². The third-order valence-electron chi connectivity index (χ3n) is 5.55. The van der Waals surface area contributed by atoms with Gasteiger partial charge in [-0.2, -0.15) is 8.42 Å². The van der Waals surface area contributed by atoms with Crippen LogP contribution in [-0.4, -0.2) is 56.7 Å². The zero-order chi connectivity index (χ0) is 24.3. The molecule has 1 atom stereocenters. The number of nitrogens with two attached hydrogens (primary N) is 1. The molecule has 0 radical (unpaired) electrons. The quantitative estimate of drug-likeness (QED) is 0.490. The van der Waals surface area contributed by atoms with Crippen molar-refractivity contribution in [3.63, 3.8) is 0 Å². The van der Waals surface area contributed by atoms with Gasteiger partial charge in [-0.1, -0.05) is 36.4 Å². The summed E-state index contributed by atoms with van der Waals surface area (Å²) in [6.07, 6.45) is 3.43. The van der Waals surface area contributed by atoms with Crippen LogP contribution in [0.15, 0.2) is 78.0 Å². The number of carbonyl (C=O) groups excluding carboxylic acids is 1. The standard InChI is InChI=1S/C24H24N4O5S/c1-28-22(29)24(27-23(28)25,20-7-3-5-17(15-20)18-6-4-12-26-16-18)19-8-10-21(11-9-19)33-34(30,31)14-13-32-2/h3-12,15-16H,13-14H2,1-2H3,(H2,25,27). The smallest absolute Gasteiger partial charge is 0.311 e. The Balaban J connectivity index is 1.77. The van der Waals surface area contributed by atoms with E-state index in [1.54, 1.807) is 31.6 Å². The lowest BCUT2D eigenvalue weighted by Gasteiger charge is -2.26. The van der Waals surface area contributed by atoms with Gasteiger partial charge in [-0.15, -0.1) is 0 Å². The third-order valence-corrected chi connectivity index (χ3v) is 6.66. The van der Waals surface area contributed by atoms with Crippen LogP contribution in [0.3, 0.4) is 0 Å². The van der Waals surface area contributed by atoms with Crippen molar-refractivity contribution in [2.45, 2.75) is 5.54 Å². The monoisotopic (exact) mass is 480 g/mol. The average Bonchev–Trinajstić information content (AvgIpc) is 3.08. The van der Waals surface area contributed by atoms with Gasteiger partial charge in [0.1, 0.15) is 11.5 Å². The second kappa shape index (κ2) is 9.24. The zero-order valence-electron chi connectivity index (χ0n) is 18.7. The molecule has 176 valence electrons. The van der Waals surface area contributed by atoms with Gasteiger partial charge >= 0.3 is 10.1 Å². The summed E-state index contributed by atoms with van der Waals surface area (Å²) in [6.45, 7) is 0.0195. The first-order valence-electron chi connectivity index (χ1n) is 10.4. The Bertz CT molecular complexity index is 1330.